The van der Waals surface area contributed by atoms with E-state index in [0.717, 1.165) is 67.1 Å². The van der Waals surface area contributed by atoms with E-state index in [1.165, 1.54) is 105 Å². The van der Waals surface area contributed by atoms with Gasteiger partial charge in [0.05, 0.1) is 16.7 Å². The van der Waals surface area contributed by atoms with E-state index in [1.807, 2.05) is 0 Å². The Morgan fingerprint density at radius 3 is 1.67 bits per heavy atom. The Bertz CT molecular complexity index is 5150. The first kappa shape index (κ1) is 48.3. The number of furan rings is 2. The fourth-order valence-electron chi connectivity index (χ4n) is 15.4. The lowest BCUT2D eigenvalue weighted by Gasteiger charge is -2.30. The maximum absolute atomic E-state index is 6.97. The van der Waals surface area contributed by atoms with Gasteiger partial charge in [0.15, 0.2) is 0 Å². The van der Waals surface area contributed by atoms with Crippen molar-refractivity contribution >= 4 is 82.7 Å². The fraction of sp³-hybridized carbons (Fsp3) is 0.165. The van der Waals surface area contributed by atoms with E-state index in [0.29, 0.717) is 0 Å². The molecule has 3 aliphatic rings. The molecule has 17 rings (SSSR count). The van der Waals surface area contributed by atoms with Crippen LogP contribution in [0.25, 0.3) is 116 Å². The van der Waals surface area contributed by atoms with E-state index in [9.17, 15) is 0 Å². The summed E-state index contributed by atoms with van der Waals surface area (Å²) < 4.78 is 16.0. The first-order valence-corrected chi connectivity index (χ1v) is 29.5. The molecule has 0 N–H and O–H groups in total. The van der Waals surface area contributed by atoms with Gasteiger partial charge in [-0.2, -0.15) is 0 Å². The number of fused-ring (bicyclic) bond motifs is 20. The van der Waals surface area contributed by atoms with Crippen LogP contribution in [-0.4, -0.2) is 4.57 Å². The van der Waals surface area contributed by atoms with Crippen LogP contribution < -0.4 is 4.90 Å². The highest BCUT2D eigenvalue weighted by Crippen LogP contribution is 2.61. The SMILES string of the molecule is CC(C)(C)c1ccc(-c2cc3c(c4c2oc2ccccc24)-c2ccc(N(c4ccc5c(c4)C(C)(C)c4cc6c(cc4-5)C(C)(C)c4ccc5oc7ccccc7c5c4-6)c4cccc5c6ccccc6n(-c6ccccc6)c45)cc2C3(C)C)cc1. The zero-order valence-electron chi connectivity index (χ0n) is 48.4. The molecule has 0 saturated heterocycles. The summed E-state index contributed by atoms with van der Waals surface area (Å²) in [4.78, 5) is 2.56. The summed E-state index contributed by atoms with van der Waals surface area (Å²) in [6, 6.07) is 79.6. The highest BCUT2D eigenvalue weighted by atomic mass is 16.3. The van der Waals surface area contributed by atoms with Gasteiger partial charge < -0.3 is 18.3 Å². The Labute approximate surface area is 483 Å². The topological polar surface area (TPSA) is 34.5 Å². The standard InChI is InChI=1S/C79H62N2O2/c1-76(2,3)46-32-30-45(31-33-46)56-42-64-70(73-55-24-15-18-29-68(55)83-75(56)73)53-37-35-49(41-61(53)79(64,8)9)80(66-27-19-25-52-51-22-13-16-26-65(51)81(74(52)66)47-20-11-10-12-21-47)48-34-36-50-57-43-63-58(44-62(57)78(6,7)60(50)40-48)71-59(77(63,4)5)38-39-69-72(71)54-23-14-17-28-67(54)82-69/h10-44H,1-9H3. The molecule has 0 spiro atoms. The molecule has 83 heavy (non-hydrogen) atoms. The second-order valence-electron chi connectivity index (χ2n) is 26.4. The molecule has 4 heteroatoms. The van der Waals surface area contributed by atoms with Crippen LogP contribution in [0.1, 0.15) is 101 Å². The highest BCUT2D eigenvalue weighted by molar-refractivity contribution is 6.20. The molecule has 3 aliphatic carbocycles. The van der Waals surface area contributed by atoms with Crippen molar-refractivity contribution in [2.45, 2.75) is 84.0 Å². The lowest BCUT2D eigenvalue weighted by atomic mass is 9.79. The molecule has 0 saturated carbocycles. The van der Waals surface area contributed by atoms with Gasteiger partial charge in [-0.3, -0.25) is 0 Å². The zero-order chi connectivity index (χ0) is 56.2. The molecule has 0 atom stereocenters. The maximum Gasteiger partial charge on any atom is 0.143 e. The monoisotopic (exact) mass is 1070 g/mol. The molecule has 3 aromatic heterocycles. The Hall–Kier alpha value is -9.38. The molecule has 0 bridgehead atoms. The fourth-order valence-corrected chi connectivity index (χ4v) is 15.4. The first-order valence-electron chi connectivity index (χ1n) is 29.5. The van der Waals surface area contributed by atoms with Crippen LogP contribution in [-0.2, 0) is 21.7 Å². The third-order valence-electron chi connectivity index (χ3n) is 19.7. The Morgan fingerprint density at radius 2 is 0.940 bits per heavy atom. The van der Waals surface area contributed by atoms with Gasteiger partial charge in [-0.05, 0) is 168 Å². The van der Waals surface area contributed by atoms with Crippen LogP contribution in [0, 0.1) is 0 Å². The van der Waals surface area contributed by atoms with Crippen molar-refractivity contribution in [2.75, 3.05) is 4.90 Å². The number of hydrogen-bond acceptors (Lipinski definition) is 3. The van der Waals surface area contributed by atoms with Crippen molar-refractivity contribution < 1.29 is 8.83 Å². The number of anilines is 3. The number of rotatable bonds is 5. The van der Waals surface area contributed by atoms with Gasteiger partial charge in [0, 0.05) is 71.2 Å². The quantitative estimate of drug-likeness (QED) is 0.172. The molecule has 11 aromatic carbocycles. The Balaban J connectivity index is 0.886. The normalized spacial score (nSPS) is 15.1. The lowest BCUT2D eigenvalue weighted by Crippen LogP contribution is -2.18. The third-order valence-corrected chi connectivity index (χ3v) is 19.7. The van der Waals surface area contributed by atoms with Crippen molar-refractivity contribution in [1.29, 1.82) is 0 Å². The van der Waals surface area contributed by atoms with Crippen molar-refractivity contribution in [3.8, 4) is 50.2 Å². The van der Waals surface area contributed by atoms with Crippen molar-refractivity contribution in [3.05, 3.63) is 251 Å². The summed E-state index contributed by atoms with van der Waals surface area (Å²) in [5.74, 6) is 0. The molecule has 0 amide bonds. The molecule has 4 nitrogen and oxygen atoms in total. The van der Waals surface area contributed by atoms with Crippen LogP contribution in [0.4, 0.5) is 17.1 Å². The van der Waals surface area contributed by atoms with Crippen LogP contribution >= 0.6 is 0 Å². The second-order valence-corrected chi connectivity index (χ2v) is 26.4. The van der Waals surface area contributed by atoms with E-state index >= 15 is 0 Å². The van der Waals surface area contributed by atoms with Gasteiger partial charge in [-0.1, -0.05) is 190 Å². The molecule has 0 aliphatic heterocycles. The molecule has 14 aromatic rings. The van der Waals surface area contributed by atoms with Crippen LogP contribution in [0.15, 0.2) is 221 Å². The van der Waals surface area contributed by atoms with E-state index in [1.54, 1.807) is 0 Å². The lowest BCUT2D eigenvalue weighted by molar-refractivity contribution is 0.590. The summed E-state index contributed by atoms with van der Waals surface area (Å²) in [6.07, 6.45) is 0. The summed E-state index contributed by atoms with van der Waals surface area (Å²) >= 11 is 0. The van der Waals surface area contributed by atoms with Crippen LogP contribution in [0.5, 0.6) is 0 Å². The minimum Gasteiger partial charge on any atom is -0.456 e. The molecule has 3 heterocycles. The average molecular weight is 1070 g/mol. The van der Waals surface area contributed by atoms with Crippen molar-refractivity contribution in [1.82, 2.24) is 4.57 Å². The van der Waals surface area contributed by atoms with Gasteiger partial charge in [0.1, 0.15) is 22.3 Å². The summed E-state index contributed by atoms with van der Waals surface area (Å²) in [7, 11) is 0. The molecule has 400 valence electrons. The number of nitrogens with zero attached hydrogens (tertiary/aromatic N) is 2. The smallest absolute Gasteiger partial charge is 0.143 e. The molecule has 0 fully saturated rings. The van der Waals surface area contributed by atoms with E-state index in [2.05, 4.69) is 284 Å². The minimum atomic E-state index is -0.368. The molecule has 0 unspecified atom stereocenters. The van der Waals surface area contributed by atoms with Gasteiger partial charge >= 0.3 is 0 Å². The first-order chi connectivity index (χ1) is 40.1. The summed E-state index contributed by atoms with van der Waals surface area (Å²) in [5.41, 5.74) is 29.0. The number of aromatic nitrogens is 1. The zero-order valence-corrected chi connectivity index (χ0v) is 48.4. The van der Waals surface area contributed by atoms with E-state index in [-0.39, 0.29) is 21.7 Å². The molecular formula is C79H62N2O2. The van der Waals surface area contributed by atoms with E-state index < -0.39 is 0 Å². The number of para-hydroxylation sites is 5. The van der Waals surface area contributed by atoms with Gasteiger partial charge in [0.25, 0.3) is 0 Å². The minimum absolute atomic E-state index is 0.0427. The largest absolute Gasteiger partial charge is 0.456 e. The van der Waals surface area contributed by atoms with Gasteiger partial charge in [-0.25, -0.2) is 0 Å². The Kier molecular flexibility index (Phi) is 9.56. The molecular weight excluding hydrogens is 1010 g/mol. The maximum atomic E-state index is 6.97. The highest BCUT2D eigenvalue weighted by Gasteiger charge is 2.44. The number of benzene rings is 11. The van der Waals surface area contributed by atoms with Gasteiger partial charge in [-0.15, -0.1) is 0 Å². The average Bonchev–Trinajstić information content (AvgIpc) is 3.90. The third kappa shape index (κ3) is 6.47. The predicted molar refractivity (Wildman–Crippen MR) is 347 cm³/mol. The molecule has 0 radical (unpaired) electrons. The van der Waals surface area contributed by atoms with Crippen molar-refractivity contribution in [2.24, 2.45) is 0 Å². The van der Waals surface area contributed by atoms with Crippen LogP contribution in [0.3, 0.4) is 0 Å². The second kappa shape index (κ2) is 16.4. The van der Waals surface area contributed by atoms with Crippen LogP contribution in [0.2, 0.25) is 0 Å². The predicted octanol–water partition coefficient (Wildman–Crippen LogP) is 21.9. The number of hydrogen-bond donors (Lipinski definition) is 0. The summed E-state index contributed by atoms with van der Waals surface area (Å²) in [6.45, 7) is 21.4. The summed E-state index contributed by atoms with van der Waals surface area (Å²) in [5, 5.41) is 7.15. The van der Waals surface area contributed by atoms with Gasteiger partial charge in [0.2, 0.25) is 0 Å². The van der Waals surface area contributed by atoms with E-state index in [4.69, 9.17) is 8.83 Å². The Morgan fingerprint density at radius 1 is 0.386 bits per heavy atom. The van der Waals surface area contributed by atoms with Crippen molar-refractivity contribution in [3.63, 3.8) is 0 Å².